The molecule has 0 aliphatic heterocycles. The van der Waals surface area contributed by atoms with Crippen LogP contribution in [0.4, 0.5) is 11.5 Å². The molecule has 2 aromatic carbocycles. The number of phenolic OH excluding ortho intramolecular Hbond substituents is 1. The smallest absolute Gasteiger partial charge is 0.294 e. The first kappa shape index (κ1) is 21.6. The van der Waals surface area contributed by atoms with Crippen LogP contribution in [0.25, 0.3) is 17.1 Å². The Balaban J connectivity index is 1.70. The summed E-state index contributed by atoms with van der Waals surface area (Å²) in [5, 5.41) is 39.6. The maximum Gasteiger partial charge on any atom is 0.294 e. The molecule has 4 aromatic rings. The minimum absolute atomic E-state index is 0.0301. The number of nitrogens with one attached hydrogen (secondary N) is 1. The van der Waals surface area contributed by atoms with Crippen molar-refractivity contribution in [2.75, 3.05) is 5.73 Å². The van der Waals surface area contributed by atoms with Crippen LogP contribution >= 0.6 is 15.9 Å². The highest BCUT2D eigenvalue weighted by Gasteiger charge is 2.25. The van der Waals surface area contributed by atoms with Gasteiger partial charge in [0.05, 0.1) is 11.1 Å². The summed E-state index contributed by atoms with van der Waals surface area (Å²) in [5.74, 6) is -0.936. The van der Waals surface area contributed by atoms with E-state index in [1.165, 1.54) is 36.5 Å². The van der Waals surface area contributed by atoms with E-state index in [2.05, 4.69) is 51.7 Å². The van der Waals surface area contributed by atoms with E-state index < -0.39 is 10.8 Å². The summed E-state index contributed by atoms with van der Waals surface area (Å²) in [5.41, 5.74) is 8.53. The molecule has 4 N–H and O–H groups in total. The molecule has 1 amide bonds. The van der Waals surface area contributed by atoms with Gasteiger partial charge in [-0.1, -0.05) is 21.1 Å². The van der Waals surface area contributed by atoms with Crippen LogP contribution < -0.4 is 11.2 Å². The second kappa shape index (κ2) is 8.83. The maximum absolute atomic E-state index is 12.8. The lowest BCUT2D eigenvalue weighted by Crippen LogP contribution is -2.19. The van der Waals surface area contributed by atoms with Gasteiger partial charge in [0.15, 0.2) is 5.69 Å². The number of carbonyl (C=O) groups excluding carboxylic acids is 1. The summed E-state index contributed by atoms with van der Waals surface area (Å²) < 4.78 is 6.41. The number of aromatic hydroxyl groups is 1. The van der Waals surface area contributed by atoms with Gasteiger partial charge in [0, 0.05) is 27.7 Å². The van der Waals surface area contributed by atoms with Crippen LogP contribution in [0.1, 0.15) is 16.1 Å². The molecule has 15 heteroatoms. The zero-order valence-electron chi connectivity index (χ0n) is 16.3. The van der Waals surface area contributed by atoms with Crippen molar-refractivity contribution < 1.29 is 19.5 Å². The number of nitro groups is 1. The van der Waals surface area contributed by atoms with Gasteiger partial charge >= 0.3 is 0 Å². The summed E-state index contributed by atoms with van der Waals surface area (Å²) in [6.07, 6.45) is 1.24. The Morgan fingerprint density at radius 3 is 2.70 bits per heavy atom. The van der Waals surface area contributed by atoms with Gasteiger partial charge in [0.1, 0.15) is 11.4 Å². The van der Waals surface area contributed by atoms with Gasteiger partial charge in [-0.3, -0.25) is 14.9 Å². The number of nitrogens with zero attached hydrogens (tertiary/aromatic N) is 7. The summed E-state index contributed by atoms with van der Waals surface area (Å²) in [6.45, 7) is 0. The van der Waals surface area contributed by atoms with E-state index in [9.17, 15) is 20.0 Å². The van der Waals surface area contributed by atoms with Crippen LogP contribution in [0.3, 0.4) is 0 Å². The standard InChI is InChI=1S/C18H12BrN9O5/c19-11-3-6-13(29)10(7-11)8-21-23-18(30)14-15(9-1-4-12(5-2-9)28(31)32)27(26-22-14)17-16(20)24-33-25-17/h1-8,29H,(H2,20,24)(H,23,30)/b21-8+. The number of amides is 1. The number of aromatic nitrogens is 5. The average Bonchev–Trinajstić information content (AvgIpc) is 3.42. The van der Waals surface area contributed by atoms with Crippen molar-refractivity contribution >= 4 is 39.6 Å². The normalized spacial score (nSPS) is 11.1. The average molecular weight is 514 g/mol. The van der Waals surface area contributed by atoms with Gasteiger partial charge in [-0.15, -0.1) is 5.10 Å². The predicted molar refractivity (Wildman–Crippen MR) is 117 cm³/mol. The molecule has 0 bridgehead atoms. The number of carbonyl (C=O) groups is 1. The molecule has 0 radical (unpaired) electrons. The second-order valence-electron chi connectivity index (χ2n) is 6.38. The number of hydrogen-bond donors (Lipinski definition) is 3. The Morgan fingerprint density at radius 1 is 1.27 bits per heavy atom. The van der Waals surface area contributed by atoms with E-state index in [1.54, 1.807) is 12.1 Å². The molecule has 2 heterocycles. The maximum atomic E-state index is 12.8. The molecule has 0 saturated carbocycles. The first-order chi connectivity index (χ1) is 15.8. The molecule has 2 aromatic heterocycles. The number of nitrogens with two attached hydrogens (primary N) is 1. The Labute approximate surface area is 191 Å². The molecule has 0 aliphatic rings. The lowest BCUT2D eigenvalue weighted by molar-refractivity contribution is -0.384. The van der Waals surface area contributed by atoms with Gasteiger partial charge in [-0.25, -0.2) is 10.1 Å². The summed E-state index contributed by atoms with van der Waals surface area (Å²) in [6, 6.07) is 10.0. The van der Waals surface area contributed by atoms with Crippen molar-refractivity contribution in [3.63, 3.8) is 0 Å². The number of rotatable bonds is 6. The molecule has 4 rings (SSSR count). The number of phenols is 1. The molecule has 0 spiro atoms. The monoisotopic (exact) mass is 513 g/mol. The minimum Gasteiger partial charge on any atom is -0.507 e. The van der Waals surface area contributed by atoms with Crippen molar-refractivity contribution in [1.29, 1.82) is 0 Å². The number of nitrogen functional groups attached to an aromatic ring is 1. The van der Waals surface area contributed by atoms with Crippen LogP contribution in [0.15, 0.2) is 56.7 Å². The number of halogens is 1. The number of nitro benzene ring substituents is 1. The van der Waals surface area contributed by atoms with E-state index in [4.69, 9.17) is 5.73 Å². The molecule has 166 valence electrons. The Hall–Kier alpha value is -4.66. The highest BCUT2D eigenvalue weighted by molar-refractivity contribution is 9.10. The molecule has 0 aliphatic carbocycles. The largest absolute Gasteiger partial charge is 0.507 e. The number of anilines is 1. The molecule has 33 heavy (non-hydrogen) atoms. The van der Waals surface area contributed by atoms with E-state index in [-0.39, 0.29) is 34.5 Å². The van der Waals surface area contributed by atoms with E-state index in [0.717, 1.165) is 4.68 Å². The summed E-state index contributed by atoms with van der Waals surface area (Å²) in [4.78, 5) is 23.2. The van der Waals surface area contributed by atoms with Crippen LogP contribution in [-0.2, 0) is 0 Å². The lowest BCUT2D eigenvalue weighted by Gasteiger charge is -2.06. The van der Waals surface area contributed by atoms with Crippen LogP contribution in [-0.4, -0.2) is 47.5 Å². The fourth-order valence-corrected chi connectivity index (χ4v) is 3.14. The first-order valence-corrected chi connectivity index (χ1v) is 9.75. The van der Waals surface area contributed by atoms with Crippen LogP contribution in [0, 0.1) is 10.1 Å². The Bertz CT molecular complexity index is 1380. The fourth-order valence-electron chi connectivity index (χ4n) is 2.76. The van der Waals surface area contributed by atoms with Crippen molar-refractivity contribution in [1.82, 2.24) is 30.7 Å². The van der Waals surface area contributed by atoms with Gasteiger partial charge in [0.2, 0.25) is 11.6 Å². The molecule has 14 nitrogen and oxygen atoms in total. The molecular weight excluding hydrogens is 502 g/mol. The molecule has 0 saturated heterocycles. The number of non-ortho nitro benzene ring substituents is 1. The van der Waals surface area contributed by atoms with Crippen LogP contribution in [0.5, 0.6) is 5.75 Å². The Kier molecular flexibility index (Phi) is 5.77. The zero-order chi connectivity index (χ0) is 23.5. The third kappa shape index (κ3) is 4.38. The van der Waals surface area contributed by atoms with E-state index in [1.807, 2.05) is 0 Å². The third-order valence-corrected chi connectivity index (χ3v) is 4.79. The highest BCUT2D eigenvalue weighted by Crippen LogP contribution is 2.28. The zero-order valence-corrected chi connectivity index (χ0v) is 17.9. The number of hydrogen-bond acceptors (Lipinski definition) is 11. The van der Waals surface area contributed by atoms with E-state index in [0.29, 0.717) is 15.6 Å². The van der Waals surface area contributed by atoms with Gasteiger partial charge in [0.25, 0.3) is 11.6 Å². The third-order valence-electron chi connectivity index (χ3n) is 4.29. The summed E-state index contributed by atoms with van der Waals surface area (Å²) >= 11 is 3.28. The minimum atomic E-state index is -0.754. The van der Waals surface area contributed by atoms with Crippen molar-refractivity contribution in [2.45, 2.75) is 0 Å². The summed E-state index contributed by atoms with van der Waals surface area (Å²) in [7, 11) is 0. The molecule has 0 fully saturated rings. The second-order valence-corrected chi connectivity index (χ2v) is 7.29. The first-order valence-electron chi connectivity index (χ1n) is 8.96. The molecule has 0 unspecified atom stereocenters. The topological polar surface area (TPSA) is 200 Å². The lowest BCUT2D eigenvalue weighted by atomic mass is 10.1. The van der Waals surface area contributed by atoms with Crippen molar-refractivity contribution in [2.24, 2.45) is 5.10 Å². The van der Waals surface area contributed by atoms with E-state index >= 15 is 0 Å². The van der Waals surface area contributed by atoms with Crippen LogP contribution in [0.2, 0.25) is 0 Å². The fraction of sp³-hybridized carbons (Fsp3) is 0. The molecule has 0 atom stereocenters. The van der Waals surface area contributed by atoms with Crippen molar-refractivity contribution in [3.8, 4) is 22.8 Å². The van der Waals surface area contributed by atoms with Crippen molar-refractivity contribution in [3.05, 3.63) is 68.3 Å². The highest BCUT2D eigenvalue weighted by atomic mass is 79.9. The predicted octanol–water partition coefficient (Wildman–Crippen LogP) is 2.04. The number of benzene rings is 2. The quantitative estimate of drug-likeness (QED) is 0.194. The number of hydrazone groups is 1. The van der Waals surface area contributed by atoms with Gasteiger partial charge in [-0.05, 0) is 40.6 Å². The van der Waals surface area contributed by atoms with Gasteiger partial charge in [-0.2, -0.15) is 9.78 Å². The Morgan fingerprint density at radius 2 is 2.03 bits per heavy atom. The van der Waals surface area contributed by atoms with Gasteiger partial charge < -0.3 is 10.8 Å². The SMILES string of the molecule is Nc1nonc1-n1nnc(C(=O)N/N=C/c2cc(Br)ccc2O)c1-c1ccc([N+](=O)[O-])cc1. The molecular formula is C18H12BrN9O5.